The molecule has 15 heavy (non-hydrogen) atoms. The van der Waals surface area contributed by atoms with Crippen LogP contribution in [0, 0.1) is 11.8 Å². The summed E-state index contributed by atoms with van der Waals surface area (Å²) in [6, 6.07) is 0. The highest BCUT2D eigenvalue weighted by Gasteiger charge is 2.11. The van der Waals surface area contributed by atoms with Gasteiger partial charge in [-0.25, -0.2) is 4.79 Å². The van der Waals surface area contributed by atoms with Crippen LogP contribution in [0.5, 0.6) is 0 Å². The van der Waals surface area contributed by atoms with Crippen LogP contribution in [0.1, 0.15) is 34.1 Å². The number of carbonyl (C=O) groups excluding carboxylic acids is 1. The van der Waals surface area contributed by atoms with E-state index in [9.17, 15) is 4.79 Å². The van der Waals surface area contributed by atoms with Gasteiger partial charge in [0.1, 0.15) is 0 Å². The van der Waals surface area contributed by atoms with Crippen LogP contribution in [-0.2, 0) is 9.53 Å². The largest absolute Gasteiger partial charge is 0.462 e. The number of aliphatic hydroxyl groups excluding tert-OH is 1. The van der Waals surface area contributed by atoms with Gasteiger partial charge in [-0.1, -0.05) is 19.9 Å². The second-order valence-corrected chi connectivity index (χ2v) is 4.20. The standard InChI is InChI=1S/C12H22O3/c1-5-11(4)12(14)15-8-10(3)6-9(2)7-13/h5,9-10,13H,6-8H2,1-4H3. The van der Waals surface area contributed by atoms with Crippen molar-refractivity contribution < 1.29 is 14.6 Å². The molecule has 3 heteroatoms. The highest BCUT2D eigenvalue weighted by Crippen LogP contribution is 2.12. The minimum Gasteiger partial charge on any atom is -0.462 e. The van der Waals surface area contributed by atoms with E-state index in [4.69, 9.17) is 9.84 Å². The number of ether oxygens (including phenoxy) is 1. The Hall–Kier alpha value is -0.830. The van der Waals surface area contributed by atoms with E-state index in [1.165, 1.54) is 0 Å². The summed E-state index contributed by atoms with van der Waals surface area (Å²) in [5.74, 6) is 0.309. The van der Waals surface area contributed by atoms with E-state index in [-0.39, 0.29) is 18.5 Å². The number of esters is 1. The summed E-state index contributed by atoms with van der Waals surface area (Å²) in [6.07, 6.45) is 2.61. The fourth-order valence-electron chi connectivity index (χ4n) is 1.28. The SMILES string of the molecule is CC=C(C)C(=O)OCC(C)CC(C)CO. The third-order valence-electron chi connectivity index (χ3n) is 2.37. The van der Waals surface area contributed by atoms with Crippen molar-refractivity contribution in [2.45, 2.75) is 34.1 Å². The van der Waals surface area contributed by atoms with Crippen LogP contribution in [0.25, 0.3) is 0 Å². The zero-order chi connectivity index (χ0) is 11.8. The Labute approximate surface area is 92.1 Å². The van der Waals surface area contributed by atoms with Crippen LogP contribution in [-0.4, -0.2) is 24.3 Å². The lowest BCUT2D eigenvalue weighted by Gasteiger charge is -2.15. The Kier molecular flexibility index (Phi) is 7.05. The summed E-state index contributed by atoms with van der Waals surface area (Å²) in [7, 11) is 0. The second kappa shape index (κ2) is 7.46. The molecule has 0 saturated carbocycles. The zero-order valence-corrected chi connectivity index (χ0v) is 10.1. The molecule has 0 fully saturated rings. The molecule has 1 N–H and O–H groups in total. The number of carbonyl (C=O) groups is 1. The second-order valence-electron chi connectivity index (χ2n) is 4.20. The van der Waals surface area contributed by atoms with Crippen LogP contribution in [0.4, 0.5) is 0 Å². The molecule has 0 saturated heterocycles. The molecule has 0 aliphatic rings. The monoisotopic (exact) mass is 214 g/mol. The van der Waals surface area contributed by atoms with Crippen molar-refractivity contribution in [2.24, 2.45) is 11.8 Å². The van der Waals surface area contributed by atoms with Crippen molar-refractivity contribution in [2.75, 3.05) is 13.2 Å². The lowest BCUT2D eigenvalue weighted by Crippen LogP contribution is -2.16. The first kappa shape index (κ1) is 14.2. The predicted octanol–water partition coefficient (Wildman–Crippen LogP) is 2.15. The van der Waals surface area contributed by atoms with Crippen molar-refractivity contribution in [3.8, 4) is 0 Å². The first-order valence-corrected chi connectivity index (χ1v) is 5.42. The summed E-state index contributed by atoms with van der Waals surface area (Å²) in [4.78, 5) is 11.3. The van der Waals surface area contributed by atoms with Crippen molar-refractivity contribution in [3.63, 3.8) is 0 Å². The van der Waals surface area contributed by atoms with Crippen molar-refractivity contribution in [1.82, 2.24) is 0 Å². The molecular weight excluding hydrogens is 192 g/mol. The van der Waals surface area contributed by atoms with Crippen LogP contribution < -0.4 is 0 Å². The first-order valence-electron chi connectivity index (χ1n) is 5.42. The number of allylic oxidation sites excluding steroid dienone is 1. The van der Waals surface area contributed by atoms with Gasteiger partial charge in [-0.05, 0) is 32.1 Å². The maximum absolute atomic E-state index is 11.3. The van der Waals surface area contributed by atoms with Gasteiger partial charge in [-0.15, -0.1) is 0 Å². The average molecular weight is 214 g/mol. The predicted molar refractivity (Wildman–Crippen MR) is 60.4 cm³/mol. The quantitative estimate of drug-likeness (QED) is 0.544. The van der Waals surface area contributed by atoms with Crippen LogP contribution in [0.2, 0.25) is 0 Å². The molecule has 0 radical (unpaired) electrons. The van der Waals surface area contributed by atoms with Gasteiger partial charge in [-0.2, -0.15) is 0 Å². The molecule has 2 unspecified atom stereocenters. The number of hydrogen-bond acceptors (Lipinski definition) is 3. The zero-order valence-electron chi connectivity index (χ0n) is 10.1. The normalized spacial score (nSPS) is 15.9. The van der Waals surface area contributed by atoms with Gasteiger partial charge in [-0.3, -0.25) is 0 Å². The number of rotatable bonds is 6. The molecule has 3 nitrogen and oxygen atoms in total. The summed E-state index contributed by atoms with van der Waals surface area (Å²) < 4.78 is 5.11. The van der Waals surface area contributed by atoms with Crippen molar-refractivity contribution in [1.29, 1.82) is 0 Å². The maximum atomic E-state index is 11.3. The fraction of sp³-hybridized carbons (Fsp3) is 0.750. The molecule has 0 spiro atoms. The summed E-state index contributed by atoms with van der Waals surface area (Å²) in [5.41, 5.74) is 0.636. The van der Waals surface area contributed by atoms with Crippen LogP contribution in [0.15, 0.2) is 11.6 Å². The molecule has 0 aliphatic heterocycles. The molecule has 88 valence electrons. The van der Waals surface area contributed by atoms with E-state index in [1.54, 1.807) is 13.0 Å². The Morgan fingerprint density at radius 1 is 1.40 bits per heavy atom. The third-order valence-corrected chi connectivity index (χ3v) is 2.37. The Balaban J connectivity index is 3.81. The van der Waals surface area contributed by atoms with Crippen LogP contribution >= 0.6 is 0 Å². The van der Waals surface area contributed by atoms with E-state index in [0.717, 1.165) is 6.42 Å². The van der Waals surface area contributed by atoms with E-state index in [2.05, 4.69) is 0 Å². The van der Waals surface area contributed by atoms with E-state index < -0.39 is 0 Å². The van der Waals surface area contributed by atoms with E-state index >= 15 is 0 Å². The highest BCUT2D eigenvalue weighted by atomic mass is 16.5. The Bertz CT molecular complexity index is 221. The van der Waals surface area contributed by atoms with Gasteiger partial charge in [0.05, 0.1) is 6.61 Å². The third kappa shape index (κ3) is 6.28. The number of aliphatic hydroxyl groups is 1. The summed E-state index contributed by atoms with van der Waals surface area (Å²) in [6.45, 7) is 8.16. The molecule has 0 aliphatic carbocycles. The molecule has 0 rings (SSSR count). The van der Waals surface area contributed by atoms with Crippen molar-refractivity contribution >= 4 is 5.97 Å². The van der Waals surface area contributed by atoms with E-state index in [1.807, 2.05) is 20.8 Å². The lowest BCUT2D eigenvalue weighted by atomic mass is 9.99. The Morgan fingerprint density at radius 3 is 2.47 bits per heavy atom. The molecule has 0 aromatic carbocycles. The minimum atomic E-state index is -0.249. The van der Waals surface area contributed by atoms with Gasteiger partial charge >= 0.3 is 5.97 Å². The summed E-state index contributed by atoms with van der Waals surface area (Å²) >= 11 is 0. The topological polar surface area (TPSA) is 46.5 Å². The Morgan fingerprint density at radius 2 is 2.00 bits per heavy atom. The molecule has 0 bridgehead atoms. The van der Waals surface area contributed by atoms with Gasteiger partial charge < -0.3 is 9.84 Å². The smallest absolute Gasteiger partial charge is 0.333 e. The van der Waals surface area contributed by atoms with Gasteiger partial charge in [0.25, 0.3) is 0 Å². The maximum Gasteiger partial charge on any atom is 0.333 e. The fourth-order valence-corrected chi connectivity index (χ4v) is 1.28. The van der Waals surface area contributed by atoms with Gasteiger partial charge in [0, 0.05) is 12.2 Å². The lowest BCUT2D eigenvalue weighted by molar-refractivity contribution is -0.140. The molecule has 2 atom stereocenters. The highest BCUT2D eigenvalue weighted by molar-refractivity contribution is 5.87. The molecule has 0 aromatic rings. The average Bonchev–Trinajstić information content (AvgIpc) is 2.24. The minimum absolute atomic E-state index is 0.187. The van der Waals surface area contributed by atoms with Gasteiger partial charge in [0.2, 0.25) is 0 Å². The van der Waals surface area contributed by atoms with Crippen LogP contribution in [0.3, 0.4) is 0 Å². The molecule has 0 amide bonds. The summed E-state index contributed by atoms with van der Waals surface area (Å²) in [5, 5.41) is 8.87. The van der Waals surface area contributed by atoms with Crippen molar-refractivity contribution in [3.05, 3.63) is 11.6 Å². The number of hydrogen-bond donors (Lipinski definition) is 1. The first-order chi connectivity index (χ1) is 7.01. The molecule has 0 aromatic heterocycles. The molecule has 0 heterocycles. The molecular formula is C12H22O3. The van der Waals surface area contributed by atoms with Gasteiger partial charge in [0.15, 0.2) is 0 Å². The van der Waals surface area contributed by atoms with E-state index in [0.29, 0.717) is 18.1 Å².